The summed E-state index contributed by atoms with van der Waals surface area (Å²) in [5.74, 6) is 0.480. The number of benzene rings is 2. The number of carbonyl (C=O) groups excluding carboxylic acids is 1. The molecule has 152 valence electrons. The number of nitrogens with zero attached hydrogens (tertiary/aromatic N) is 2. The highest BCUT2D eigenvalue weighted by atomic mass is 16.1. The summed E-state index contributed by atoms with van der Waals surface area (Å²) in [6.07, 6.45) is 1.95. The Labute approximate surface area is 174 Å². The van der Waals surface area contributed by atoms with Crippen LogP contribution in [0.1, 0.15) is 78.4 Å². The molecule has 0 aliphatic heterocycles. The zero-order valence-electron chi connectivity index (χ0n) is 18.1. The summed E-state index contributed by atoms with van der Waals surface area (Å²) in [4.78, 5) is 13.1. The van der Waals surface area contributed by atoms with E-state index in [0.717, 1.165) is 35.5 Å². The Kier molecular flexibility index (Phi) is 6.53. The summed E-state index contributed by atoms with van der Waals surface area (Å²) in [6, 6.07) is 18.5. The van der Waals surface area contributed by atoms with Gasteiger partial charge in [0.1, 0.15) is 0 Å². The molecule has 0 aliphatic rings. The van der Waals surface area contributed by atoms with E-state index < -0.39 is 0 Å². The average molecular weight is 390 g/mol. The van der Waals surface area contributed by atoms with Crippen LogP contribution in [0, 0.1) is 13.8 Å². The lowest BCUT2D eigenvalue weighted by molar-refractivity contribution is 0.0934. The molecule has 1 heterocycles. The molecular formula is C25H31N3O. The number of rotatable bonds is 7. The van der Waals surface area contributed by atoms with E-state index in [1.54, 1.807) is 0 Å². The number of para-hydroxylation sites is 1. The van der Waals surface area contributed by atoms with Gasteiger partial charge >= 0.3 is 0 Å². The van der Waals surface area contributed by atoms with E-state index in [2.05, 4.69) is 55.5 Å². The Morgan fingerprint density at radius 2 is 1.59 bits per heavy atom. The lowest BCUT2D eigenvalue weighted by Gasteiger charge is -2.19. The Bertz CT molecular complexity index is 958. The van der Waals surface area contributed by atoms with Crippen LogP contribution in [-0.4, -0.2) is 15.7 Å². The Morgan fingerprint density at radius 3 is 2.17 bits per heavy atom. The van der Waals surface area contributed by atoms with Crippen molar-refractivity contribution in [2.75, 3.05) is 0 Å². The lowest BCUT2D eigenvalue weighted by Crippen LogP contribution is -2.29. The average Bonchev–Trinajstić information content (AvgIpc) is 3.06. The van der Waals surface area contributed by atoms with Crippen molar-refractivity contribution in [2.24, 2.45) is 0 Å². The van der Waals surface area contributed by atoms with E-state index in [1.165, 1.54) is 5.56 Å². The van der Waals surface area contributed by atoms with Gasteiger partial charge in [-0.05, 0) is 55.9 Å². The van der Waals surface area contributed by atoms with Crippen molar-refractivity contribution < 1.29 is 4.79 Å². The predicted molar refractivity (Wildman–Crippen MR) is 119 cm³/mol. The van der Waals surface area contributed by atoms with Gasteiger partial charge in [0.25, 0.3) is 5.91 Å². The molecule has 4 heteroatoms. The summed E-state index contributed by atoms with van der Waals surface area (Å²) in [5.41, 5.74) is 5.69. The molecule has 1 N–H and O–H groups in total. The molecule has 3 aromatic rings. The molecule has 2 aromatic carbocycles. The third-order valence-corrected chi connectivity index (χ3v) is 5.75. The number of aromatic nitrogens is 2. The Hall–Kier alpha value is -2.88. The minimum atomic E-state index is -0.0694. The molecule has 4 nitrogen and oxygen atoms in total. The minimum Gasteiger partial charge on any atom is -0.345 e. The summed E-state index contributed by atoms with van der Waals surface area (Å²) < 4.78 is 1.84. The van der Waals surface area contributed by atoms with E-state index in [9.17, 15) is 4.79 Å². The molecule has 1 amide bonds. The van der Waals surface area contributed by atoms with Crippen LogP contribution in [0.5, 0.6) is 0 Å². The molecule has 0 saturated carbocycles. The summed E-state index contributed by atoms with van der Waals surface area (Å²) >= 11 is 0. The van der Waals surface area contributed by atoms with Crippen molar-refractivity contribution in [3.63, 3.8) is 0 Å². The number of amides is 1. The Morgan fingerprint density at radius 1 is 0.966 bits per heavy atom. The normalized spacial score (nSPS) is 13.1. The first kappa shape index (κ1) is 20.8. The highest BCUT2D eigenvalue weighted by Gasteiger charge is 2.22. The fraction of sp³-hybridized carbons (Fsp3) is 0.360. The van der Waals surface area contributed by atoms with Gasteiger partial charge < -0.3 is 5.32 Å². The largest absolute Gasteiger partial charge is 0.345 e. The van der Waals surface area contributed by atoms with Crippen molar-refractivity contribution >= 4 is 5.91 Å². The fourth-order valence-corrected chi connectivity index (χ4v) is 3.74. The molecule has 2 atom stereocenters. The van der Waals surface area contributed by atoms with Gasteiger partial charge in [-0.15, -0.1) is 0 Å². The van der Waals surface area contributed by atoms with Gasteiger partial charge in [-0.1, -0.05) is 63.2 Å². The molecule has 3 rings (SSSR count). The maximum atomic E-state index is 13.1. The third-order valence-electron chi connectivity index (χ3n) is 5.75. The van der Waals surface area contributed by atoms with Crippen LogP contribution in [0.2, 0.25) is 0 Å². The zero-order valence-corrected chi connectivity index (χ0v) is 18.1. The highest BCUT2D eigenvalue weighted by Crippen LogP contribution is 2.24. The predicted octanol–water partition coefficient (Wildman–Crippen LogP) is 5.88. The van der Waals surface area contributed by atoms with Gasteiger partial charge in [0, 0.05) is 0 Å². The van der Waals surface area contributed by atoms with Gasteiger partial charge in [0.15, 0.2) is 0 Å². The summed E-state index contributed by atoms with van der Waals surface area (Å²) in [6.45, 7) is 10.4. The quantitative estimate of drug-likeness (QED) is 0.548. The maximum Gasteiger partial charge on any atom is 0.255 e. The molecule has 0 spiro atoms. The van der Waals surface area contributed by atoms with Gasteiger partial charge in [-0.2, -0.15) is 5.10 Å². The first-order valence-electron chi connectivity index (χ1n) is 10.5. The van der Waals surface area contributed by atoms with Crippen LogP contribution in [0.25, 0.3) is 5.69 Å². The first-order valence-corrected chi connectivity index (χ1v) is 10.5. The lowest BCUT2D eigenvalue weighted by atomic mass is 9.95. The molecule has 0 saturated heterocycles. The van der Waals surface area contributed by atoms with Crippen LogP contribution in [0.4, 0.5) is 0 Å². The van der Waals surface area contributed by atoms with E-state index in [4.69, 9.17) is 0 Å². The first-order chi connectivity index (χ1) is 14.0. The standard InChI is InChI=1S/C25H31N3O/c1-6-17(3)20-13-15-21(16-14-20)23(7-2)26-25(29)24-18(4)27-28(19(24)5)22-11-9-8-10-12-22/h8-17,23H,6-7H2,1-5H3,(H,26,29). The number of nitrogens with one attached hydrogen (secondary N) is 1. The number of hydrogen-bond acceptors (Lipinski definition) is 2. The topological polar surface area (TPSA) is 46.9 Å². The second kappa shape index (κ2) is 9.08. The van der Waals surface area contributed by atoms with E-state index in [0.29, 0.717) is 11.5 Å². The van der Waals surface area contributed by atoms with Gasteiger partial charge in [0.2, 0.25) is 0 Å². The number of aryl methyl sites for hydroxylation is 1. The van der Waals surface area contributed by atoms with Crippen LogP contribution in [-0.2, 0) is 0 Å². The molecule has 0 bridgehead atoms. The van der Waals surface area contributed by atoms with Crippen LogP contribution in [0.15, 0.2) is 54.6 Å². The third kappa shape index (κ3) is 4.42. The zero-order chi connectivity index (χ0) is 21.0. The van der Waals surface area contributed by atoms with Gasteiger partial charge in [-0.3, -0.25) is 4.79 Å². The van der Waals surface area contributed by atoms with Crippen molar-refractivity contribution in [2.45, 2.75) is 59.4 Å². The Balaban J connectivity index is 1.82. The van der Waals surface area contributed by atoms with Crippen LogP contribution < -0.4 is 5.32 Å². The van der Waals surface area contributed by atoms with Crippen molar-refractivity contribution in [1.82, 2.24) is 15.1 Å². The molecule has 29 heavy (non-hydrogen) atoms. The maximum absolute atomic E-state index is 13.1. The van der Waals surface area contributed by atoms with Crippen LogP contribution in [0.3, 0.4) is 0 Å². The van der Waals surface area contributed by atoms with Gasteiger partial charge in [0.05, 0.1) is 28.7 Å². The molecule has 0 aliphatic carbocycles. The number of hydrogen-bond donors (Lipinski definition) is 1. The summed E-state index contributed by atoms with van der Waals surface area (Å²) in [7, 11) is 0. The minimum absolute atomic E-state index is 0.0210. The number of carbonyl (C=O) groups is 1. The molecule has 2 unspecified atom stereocenters. The van der Waals surface area contributed by atoms with Crippen LogP contribution >= 0.6 is 0 Å². The second-order valence-electron chi connectivity index (χ2n) is 7.70. The fourth-order valence-electron chi connectivity index (χ4n) is 3.74. The molecule has 1 aromatic heterocycles. The second-order valence-corrected chi connectivity index (χ2v) is 7.70. The molecular weight excluding hydrogens is 358 g/mol. The monoisotopic (exact) mass is 389 g/mol. The van der Waals surface area contributed by atoms with Crippen molar-refractivity contribution in [3.8, 4) is 5.69 Å². The molecule has 0 fully saturated rings. The van der Waals surface area contributed by atoms with Crippen molar-refractivity contribution in [3.05, 3.63) is 82.7 Å². The van der Waals surface area contributed by atoms with E-state index in [-0.39, 0.29) is 11.9 Å². The van der Waals surface area contributed by atoms with E-state index in [1.807, 2.05) is 48.9 Å². The van der Waals surface area contributed by atoms with Gasteiger partial charge in [-0.25, -0.2) is 4.68 Å². The molecule has 0 radical (unpaired) electrons. The highest BCUT2D eigenvalue weighted by molar-refractivity contribution is 5.96. The SMILES string of the molecule is CCC(C)c1ccc(C(CC)NC(=O)c2c(C)nn(-c3ccccc3)c2C)cc1. The smallest absolute Gasteiger partial charge is 0.255 e. The van der Waals surface area contributed by atoms with E-state index >= 15 is 0 Å². The van der Waals surface area contributed by atoms with Crippen molar-refractivity contribution in [1.29, 1.82) is 0 Å². The summed E-state index contributed by atoms with van der Waals surface area (Å²) in [5, 5.41) is 7.82.